The normalized spacial score (nSPS) is 10.3. The van der Waals surface area contributed by atoms with Crippen LogP contribution in [-0.2, 0) is 24.8 Å². The molecule has 2 amide bonds. The van der Waals surface area contributed by atoms with Gasteiger partial charge in [-0.1, -0.05) is 6.92 Å². The first-order valence-corrected chi connectivity index (χ1v) is 6.16. The Morgan fingerprint density at radius 2 is 2.21 bits per heavy atom. The van der Waals surface area contributed by atoms with Gasteiger partial charge in [0.25, 0.3) is 0 Å². The van der Waals surface area contributed by atoms with Gasteiger partial charge in [0.05, 0.1) is 12.1 Å². The van der Waals surface area contributed by atoms with E-state index in [1.165, 1.54) is 4.90 Å². The number of aryl methyl sites for hydroxylation is 2. The molecule has 0 saturated carbocycles. The van der Waals surface area contributed by atoms with Gasteiger partial charge >= 0.3 is 12.0 Å². The van der Waals surface area contributed by atoms with Gasteiger partial charge in [-0.05, 0) is 6.42 Å². The van der Waals surface area contributed by atoms with Crippen molar-refractivity contribution in [2.24, 2.45) is 7.05 Å². The number of urea groups is 1. The van der Waals surface area contributed by atoms with Crippen molar-refractivity contribution in [3.63, 3.8) is 0 Å². The third kappa shape index (κ3) is 4.61. The van der Waals surface area contributed by atoms with Crippen molar-refractivity contribution < 1.29 is 14.7 Å². The molecule has 1 heterocycles. The lowest BCUT2D eigenvalue weighted by atomic mass is 10.2. The van der Waals surface area contributed by atoms with E-state index in [2.05, 4.69) is 10.4 Å². The van der Waals surface area contributed by atoms with Crippen molar-refractivity contribution >= 4 is 12.0 Å². The Morgan fingerprint density at radius 3 is 2.79 bits per heavy atom. The number of hydrogen-bond donors (Lipinski definition) is 2. The molecule has 0 radical (unpaired) electrons. The maximum atomic E-state index is 11.7. The lowest BCUT2D eigenvalue weighted by Crippen LogP contribution is -2.38. The average molecular weight is 268 g/mol. The van der Waals surface area contributed by atoms with E-state index in [9.17, 15) is 9.59 Å². The van der Waals surface area contributed by atoms with Gasteiger partial charge in [-0.3, -0.25) is 9.48 Å². The number of carboxylic acids is 1. The van der Waals surface area contributed by atoms with Gasteiger partial charge in [0, 0.05) is 38.9 Å². The van der Waals surface area contributed by atoms with Gasteiger partial charge in [0.1, 0.15) is 0 Å². The summed E-state index contributed by atoms with van der Waals surface area (Å²) in [6, 6.07) is -0.285. The second kappa shape index (κ2) is 6.77. The molecule has 0 aliphatic rings. The van der Waals surface area contributed by atoms with Crippen LogP contribution >= 0.6 is 0 Å². The Kier molecular flexibility index (Phi) is 5.35. The Bertz CT molecular complexity index is 456. The van der Waals surface area contributed by atoms with Gasteiger partial charge in [-0.25, -0.2) is 4.79 Å². The molecular weight excluding hydrogens is 248 g/mol. The number of hydrogen-bond acceptors (Lipinski definition) is 3. The molecule has 0 saturated heterocycles. The topological polar surface area (TPSA) is 87.5 Å². The zero-order chi connectivity index (χ0) is 14.4. The number of aliphatic carboxylic acids is 1. The first-order chi connectivity index (χ1) is 8.93. The summed E-state index contributed by atoms with van der Waals surface area (Å²) in [6.45, 7) is 2.59. The number of rotatable bonds is 6. The zero-order valence-electron chi connectivity index (χ0n) is 11.5. The molecule has 0 atom stereocenters. The minimum Gasteiger partial charge on any atom is -0.481 e. The minimum absolute atomic E-state index is 0.0585. The highest BCUT2D eigenvalue weighted by Crippen LogP contribution is 2.06. The molecule has 1 aromatic heterocycles. The van der Waals surface area contributed by atoms with E-state index in [1.807, 2.05) is 20.2 Å². The van der Waals surface area contributed by atoms with Crippen LogP contribution in [0.1, 0.15) is 24.6 Å². The molecule has 0 bridgehead atoms. The Labute approximate surface area is 112 Å². The van der Waals surface area contributed by atoms with Gasteiger partial charge < -0.3 is 15.3 Å². The van der Waals surface area contributed by atoms with Crippen molar-refractivity contribution in [3.8, 4) is 0 Å². The monoisotopic (exact) mass is 268 g/mol. The number of amides is 2. The Morgan fingerprint density at radius 1 is 1.53 bits per heavy atom. The summed E-state index contributed by atoms with van der Waals surface area (Å²) in [5, 5.41) is 15.6. The number of aromatic nitrogens is 2. The van der Waals surface area contributed by atoms with E-state index in [0.29, 0.717) is 6.54 Å². The number of carbonyl (C=O) groups is 2. The highest BCUT2D eigenvalue weighted by molar-refractivity contribution is 5.75. The van der Waals surface area contributed by atoms with Crippen molar-refractivity contribution in [3.05, 3.63) is 17.5 Å². The average Bonchev–Trinajstić information content (AvgIpc) is 2.73. The SMILES string of the molecule is CCc1nn(C)cc1CNC(=O)N(C)CCC(=O)O. The lowest BCUT2D eigenvalue weighted by Gasteiger charge is -2.16. The highest BCUT2D eigenvalue weighted by atomic mass is 16.4. The summed E-state index contributed by atoms with van der Waals surface area (Å²) in [6.07, 6.45) is 2.62. The van der Waals surface area contributed by atoms with E-state index in [-0.39, 0.29) is 19.0 Å². The molecule has 0 spiro atoms. The molecule has 0 unspecified atom stereocenters. The molecule has 0 aliphatic heterocycles. The molecule has 1 aromatic rings. The van der Waals surface area contributed by atoms with E-state index < -0.39 is 5.97 Å². The fraction of sp³-hybridized carbons (Fsp3) is 0.583. The van der Waals surface area contributed by atoms with Gasteiger partial charge in [-0.2, -0.15) is 5.10 Å². The second-order valence-corrected chi connectivity index (χ2v) is 4.35. The summed E-state index contributed by atoms with van der Waals surface area (Å²) in [5.74, 6) is -0.917. The van der Waals surface area contributed by atoms with E-state index in [1.54, 1.807) is 11.7 Å². The zero-order valence-corrected chi connectivity index (χ0v) is 11.5. The molecule has 2 N–H and O–H groups in total. The summed E-state index contributed by atoms with van der Waals surface area (Å²) >= 11 is 0. The standard InChI is InChI=1S/C12H20N4O3/c1-4-10-9(8-16(3)14-10)7-13-12(19)15(2)6-5-11(17)18/h8H,4-7H2,1-3H3,(H,13,19)(H,17,18). The Hall–Kier alpha value is -2.05. The Balaban J connectivity index is 2.47. The summed E-state index contributed by atoms with van der Waals surface area (Å²) in [5.41, 5.74) is 1.93. The highest BCUT2D eigenvalue weighted by Gasteiger charge is 2.11. The van der Waals surface area contributed by atoms with Crippen LogP contribution in [0, 0.1) is 0 Å². The predicted molar refractivity (Wildman–Crippen MR) is 69.7 cm³/mol. The van der Waals surface area contributed by atoms with Crippen molar-refractivity contribution in [1.29, 1.82) is 0 Å². The fourth-order valence-electron chi connectivity index (χ4n) is 1.70. The van der Waals surface area contributed by atoms with Crippen LogP contribution < -0.4 is 5.32 Å². The van der Waals surface area contributed by atoms with Crippen LogP contribution in [0.5, 0.6) is 0 Å². The molecule has 0 fully saturated rings. The van der Waals surface area contributed by atoms with Crippen LogP contribution in [0.15, 0.2) is 6.20 Å². The third-order valence-corrected chi connectivity index (χ3v) is 2.76. The van der Waals surface area contributed by atoms with Crippen molar-refractivity contribution in [2.45, 2.75) is 26.3 Å². The quantitative estimate of drug-likeness (QED) is 0.791. The molecule has 7 heteroatoms. The van der Waals surface area contributed by atoms with Crippen LogP contribution in [0.3, 0.4) is 0 Å². The van der Waals surface area contributed by atoms with Gasteiger partial charge in [0.15, 0.2) is 0 Å². The summed E-state index contributed by atoms with van der Waals surface area (Å²) < 4.78 is 1.72. The smallest absolute Gasteiger partial charge is 0.317 e. The van der Waals surface area contributed by atoms with Gasteiger partial charge in [-0.15, -0.1) is 0 Å². The van der Waals surface area contributed by atoms with E-state index >= 15 is 0 Å². The third-order valence-electron chi connectivity index (χ3n) is 2.76. The second-order valence-electron chi connectivity index (χ2n) is 4.35. The van der Waals surface area contributed by atoms with Crippen LogP contribution in [0.25, 0.3) is 0 Å². The van der Waals surface area contributed by atoms with E-state index in [0.717, 1.165) is 17.7 Å². The number of nitrogens with zero attached hydrogens (tertiary/aromatic N) is 3. The summed E-state index contributed by atoms with van der Waals surface area (Å²) in [4.78, 5) is 23.5. The molecular formula is C12H20N4O3. The van der Waals surface area contributed by atoms with E-state index in [4.69, 9.17) is 5.11 Å². The number of nitrogens with one attached hydrogen (secondary N) is 1. The van der Waals surface area contributed by atoms with Crippen LogP contribution in [0.2, 0.25) is 0 Å². The number of carbonyl (C=O) groups excluding carboxylic acids is 1. The molecule has 0 aliphatic carbocycles. The molecule has 19 heavy (non-hydrogen) atoms. The van der Waals surface area contributed by atoms with Crippen molar-refractivity contribution in [2.75, 3.05) is 13.6 Å². The minimum atomic E-state index is -0.917. The van der Waals surface area contributed by atoms with Crippen LogP contribution in [-0.4, -0.2) is 45.4 Å². The lowest BCUT2D eigenvalue weighted by molar-refractivity contribution is -0.137. The first-order valence-electron chi connectivity index (χ1n) is 6.16. The van der Waals surface area contributed by atoms with Crippen LogP contribution in [0.4, 0.5) is 4.79 Å². The predicted octanol–water partition coefficient (Wildman–Crippen LogP) is 0.599. The molecule has 7 nitrogen and oxygen atoms in total. The largest absolute Gasteiger partial charge is 0.481 e. The molecule has 1 rings (SSSR count). The maximum absolute atomic E-state index is 11.7. The van der Waals surface area contributed by atoms with Crippen molar-refractivity contribution in [1.82, 2.24) is 20.0 Å². The molecule has 0 aromatic carbocycles. The first kappa shape index (κ1) is 15.0. The van der Waals surface area contributed by atoms with Gasteiger partial charge in [0.2, 0.25) is 0 Å². The number of carboxylic acid groups (broad SMARTS) is 1. The maximum Gasteiger partial charge on any atom is 0.317 e. The summed E-state index contributed by atoms with van der Waals surface area (Å²) in [7, 11) is 3.41. The molecule has 106 valence electrons. The fourth-order valence-corrected chi connectivity index (χ4v) is 1.70.